The molecular formula is C16H20INS. The number of hydrogen-bond acceptors (Lipinski definition) is 2. The summed E-state index contributed by atoms with van der Waals surface area (Å²) in [5.41, 5.74) is 1.32. The van der Waals surface area contributed by atoms with Gasteiger partial charge < -0.3 is 5.32 Å². The molecule has 2 rings (SSSR count). The van der Waals surface area contributed by atoms with Crippen molar-refractivity contribution < 1.29 is 0 Å². The van der Waals surface area contributed by atoms with Crippen molar-refractivity contribution in [1.82, 2.24) is 5.32 Å². The van der Waals surface area contributed by atoms with Gasteiger partial charge in [0.1, 0.15) is 0 Å². The second-order valence-corrected chi connectivity index (χ2v) is 6.98. The summed E-state index contributed by atoms with van der Waals surface area (Å²) in [6, 6.07) is 13.8. The van der Waals surface area contributed by atoms with Gasteiger partial charge in [-0.1, -0.05) is 26.0 Å². The van der Waals surface area contributed by atoms with Gasteiger partial charge in [-0.05, 0) is 71.8 Å². The molecule has 0 bridgehead atoms. The van der Waals surface area contributed by atoms with E-state index in [1.54, 1.807) is 0 Å². The maximum atomic E-state index is 3.62. The van der Waals surface area contributed by atoms with E-state index in [1.165, 1.54) is 25.3 Å². The second-order valence-electron chi connectivity index (χ2n) is 4.62. The van der Waals surface area contributed by atoms with Crippen LogP contribution in [0.3, 0.4) is 0 Å². The Hall–Kier alpha value is -0.390. The standard InChI is InChI=1S/C16H20INS/c1-3-11-18-14(4-2)16-10-9-15(19-16)12-5-7-13(17)8-6-12/h5-10,14,18H,3-4,11H2,1-2H3. The lowest BCUT2D eigenvalue weighted by Crippen LogP contribution is -2.20. The predicted octanol–water partition coefficient (Wildman–Crippen LogP) is 5.47. The average molecular weight is 385 g/mol. The highest BCUT2D eigenvalue weighted by atomic mass is 127. The van der Waals surface area contributed by atoms with E-state index in [4.69, 9.17) is 0 Å². The predicted molar refractivity (Wildman–Crippen MR) is 93.8 cm³/mol. The number of hydrogen-bond donors (Lipinski definition) is 1. The first kappa shape index (κ1) is 15.0. The SMILES string of the molecule is CCCNC(CC)c1ccc(-c2ccc(I)cc2)s1. The van der Waals surface area contributed by atoms with Gasteiger partial charge >= 0.3 is 0 Å². The van der Waals surface area contributed by atoms with E-state index in [0.717, 1.165) is 13.0 Å². The molecule has 1 N–H and O–H groups in total. The van der Waals surface area contributed by atoms with E-state index in [-0.39, 0.29) is 0 Å². The van der Waals surface area contributed by atoms with Crippen LogP contribution in [0, 0.1) is 3.57 Å². The van der Waals surface area contributed by atoms with Crippen LogP contribution in [0.5, 0.6) is 0 Å². The molecule has 2 aromatic rings. The largest absolute Gasteiger partial charge is 0.309 e. The third-order valence-electron chi connectivity index (χ3n) is 3.15. The molecule has 0 fully saturated rings. The zero-order valence-electron chi connectivity index (χ0n) is 11.4. The zero-order valence-corrected chi connectivity index (χ0v) is 14.4. The fourth-order valence-electron chi connectivity index (χ4n) is 2.07. The van der Waals surface area contributed by atoms with Crippen LogP contribution in [-0.2, 0) is 0 Å². The summed E-state index contributed by atoms with van der Waals surface area (Å²) in [5.74, 6) is 0. The lowest BCUT2D eigenvalue weighted by Gasteiger charge is -2.14. The van der Waals surface area contributed by atoms with Crippen LogP contribution in [0.1, 0.15) is 37.6 Å². The van der Waals surface area contributed by atoms with Gasteiger partial charge in [0.05, 0.1) is 0 Å². The topological polar surface area (TPSA) is 12.0 Å². The molecule has 1 unspecified atom stereocenters. The van der Waals surface area contributed by atoms with E-state index in [1.807, 2.05) is 11.3 Å². The van der Waals surface area contributed by atoms with E-state index < -0.39 is 0 Å². The molecule has 102 valence electrons. The summed E-state index contributed by atoms with van der Waals surface area (Å²) in [5, 5.41) is 3.62. The summed E-state index contributed by atoms with van der Waals surface area (Å²) in [6.07, 6.45) is 2.33. The molecule has 1 nitrogen and oxygen atoms in total. The third kappa shape index (κ3) is 4.04. The van der Waals surface area contributed by atoms with Gasteiger partial charge in [-0.2, -0.15) is 0 Å². The number of nitrogens with one attached hydrogen (secondary N) is 1. The molecule has 0 spiro atoms. The summed E-state index contributed by atoms with van der Waals surface area (Å²) in [7, 11) is 0. The van der Waals surface area contributed by atoms with Gasteiger partial charge in [0, 0.05) is 19.4 Å². The fourth-order valence-corrected chi connectivity index (χ4v) is 3.61. The highest BCUT2D eigenvalue weighted by molar-refractivity contribution is 14.1. The monoisotopic (exact) mass is 385 g/mol. The van der Waals surface area contributed by atoms with Crippen molar-refractivity contribution in [3.8, 4) is 10.4 Å². The van der Waals surface area contributed by atoms with Crippen molar-refractivity contribution in [1.29, 1.82) is 0 Å². The molecule has 3 heteroatoms. The molecule has 0 saturated carbocycles. The Bertz CT molecular complexity index is 504. The summed E-state index contributed by atoms with van der Waals surface area (Å²) in [6.45, 7) is 5.55. The Labute approximate surface area is 133 Å². The highest BCUT2D eigenvalue weighted by Crippen LogP contribution is 2.32. The van der Waals surface area contributed by atoms with Gasteiger partial charge in [-0.25, -0.2) is 0 Å². The minimum Gasteiger partial charge on any atom is -0.309 e. The van der Waals surface area contributed by atoms with Gasteiger partial charge in [-0.15, -0.1) is 11.3 Å². The first-order chi connectivity index (χ1) is 9.24. The maximum absolute atomic E-state index is 3.62. The lowest BCUT2D eigenvalue weighted by atomic mass is 10.1. The van der Waals surface area contributed by atoms with E-state index in [9.17, 15) is 0 Å². The van der Waals surface area contributed by atoms with Crippen molar-refractivity contribution in [2.24, 2.45) is 0 Å². The molecule has 0 radical (unpaired) electrons. The van der Waals surface area contributed by atoms with Crippen LogP contribution in [0.4, 0.5) is 0 Å². The minimum atomic E-state index is 0.502. The zero-order chi connectivity index (χ0) is 13.7. The minimum absolute atomic E-state index is 0.502. The first-order valence-electron chi connectivity index (χ1n) is 6.83. The average Bonchev–Trinajstić information content (AvgIpc) is 2.90. The Balaban J connectivity index is 2.15. The normalized spacial score (nSPS) is 12.6. The Morgan fingerprint density at radius 2 is 1.84 bits per heavy atom. The molecule has 1 aromatic heterocycles. The number of thiophene rings is 1. The maximum Gasteiger partial charge on any atom is 0.0412 e. The molecule has 0 amide bonds. The van der Waals surface area contributed by atoms with Crippen LogP contribution in [0.2, 0.25) is 0 Å². The molecule has 1 heterocycles. The molecule has 0 aliphatic rings. The molecule has 0 aliphatic heterocycles. The Morgan fingerprint density at radius 3 is 2.47 bits per heavy atom. The molecule has 0 aliphatic carbocycles. The fraction of sp³-hybridized carbons (Fsp3) is 0.375. The molecule has 1 aromatic carbocycles. The van der Waals surface area contributed by atoms with Crippen LogP contribution in [0.25, 0.3) is 10.4 Å². The van der Waals surface area contributed by atoms with Crippen molar-refractivity contribution in [2.75, 3.05) is 6.54 Å². The second kappa shape index (κ2) is 7.41. The van der Waals surface area contributed by atoms with Crippen molar-refractivity contribution >= 4 is 33.9 Å². The Kier molecular flexibility index (Phi) is 5.85. The highest BCUT2D eigenvalue weighted by Gasteiger charge is 2.11. The number of benzene rings is 1. The lowest BCUT2D eigenvalue weighted by molar-refractivity contribution is 0.525. The van der Waals surface area contributed by atoms with Gasteiger partial charge in [0.15, 0.2) is 0 Å². The van der Waals surface area contributed by atoms with Crippen molar-refractivity contribution in [3.63, 3.8) is 0 Å². The molecule has 1 atom stereocenters. The van der Waals surface area contributed by atoms with E-state index >= 15 is 0 Å². The van der Waals surface area contributed by atoms with Gasteiger partial charge in [0.25, 0.3) is 0 Å². The molecular weight excluding hydrogens is 365 g/mol. The van der Waals surface area contributed by atoms with Crippen LogP contribution in [0.15, 0.2) is 36.4 Å². The van der Waals surface area contributed by atoms with E-state index in [0.29, 0.717) is 6.04 Å². The molecule has 0 saturated heterocycles. The Morgan fingerprint density at radius 1 is 1.11 bits per heavy atom. The van der Waals surface area contributed by atoms with Crippen LogP contribution in [-0.4, -0.2) is 6.54 Å². The van der Waals surface area contributed by atoms with Crippen LogP contribution >= 0.6 is 33.9 Å². The van der Waals surface area contributed by atoms with E-state index in [2.05, 4.69) is 78.2 Å². The van der Waals surface area contributed by atoms with Gasteiger partial charge in [0.2, 0.25) is 0 Å². The van der Waals surface area contributed by atoms with Crippen molar-refractivity contribution in [3.05, 3.63) is 44.8 Å². The summed E-state index contributed by atoms with van der Waals surface area (Å²) in [4.78, 5) is 2.81. The number of rotatable bonds is 6. The van der Waals surface area contributed by atoms with Crippen LogP contribution < -0.4 is 5.32 Å². The quantitative estimate of drug-likeness (QED) is 0.651. The van der Waals surface area contributed by atoms with Crippen molar-refractivity contribution in [2.45, 2.75) is 32.7 Å². The summed E-state index contributed by atoms with van der Waals surface area (Å²) >= 11 is 4.26. The number of halogens is 1. The summed E-state index contributed by atoms with van der Waals surface area (Å²) < 4.78 is 1.29. The van der Waals surface area contributed by atoms with Gasteiger partial charge in [-0.3, -0.25) is 0 Å². The third-order valence-corrected chi connectivity index (χ3v) is 5.12. The first-order valence-corrected chi connectivity index (χ1v) is 8.73. The molecule has 19 heavy (non-hydrogen) atoms. The smallest absolute Gasteiger partial charge is 0.0412 e.